The first-order valence-corrected chi connectivity index (χ1v) is 9.10. The summed E-state index contributed by atoms with van der Waals surface area (Å²) in [7, 11) is 2.16. The number of pyridine rings is 1. The number of nitrogens with zero attached hydrogens (tertiary/aromatic N) is 4. The van der Waals surface area contributed by atoms with Crippen molar-refractivity contribution in [3.63, 3.8) is 0 Å². The molecule has 26 heavy (non-hydrogen) atoms. The Balaban J connectivity index is 1.55. The van der Waals surface area contributed by atoms with Gasteiger partial charge in [-0.2, -0.15) is 9.78 Å². The van der Waals surface area contributed by atoms with E-state index >= 15 is 0 Å². The van der Waals surface area contributed by atoms with Crippen LogP contribution < -0.4 is 0 Å². The molecule has 0 spiro atoms. The number of hydrogen-bond acceptors (Lipinski definition) is 4. The molecule has 1 N–H and O–H groups in total. The van der Waals surface area contributed by atoms with Gasteiger partial charge in [-0.1, -0.05) is 36.4 Å². The quantitative estimate of drug-likeness (QED) is 0.786. The van der Waals surface area contributed by atoms with Crippen LogP contribution in [0.25, 0.3) is 5.82 Å². The molecule has 2 aromatic heterocycles. The van der Waals surface area contributed by atoms with Gasteiger partial charge in [-0.05, 0) is 50.9 Å². The molecule has 2 heterocycles. The molecule has 0 saturated heterocycles. The molecule has 5 nitrogen and oxygen atoms in total. The zero-order valence-corrected chi connectivity index (χ0v) is 15.3. The van der Waals surface area contributed by atoms with Crippen molar-refractivity contribution in [1.29, 1.82) is 0 Å². The molecule has 1 aliphatic carbocycles. The molecule has 3 aromatic rings. The average molecular weight is 348 g/mol. The summed E-state index contributed by atoms with van der Waals surface area (Å²) in [5, 5.41) is 15.4. The van der Waals surface area contributed by atoms with Crippen molar-refractivity contribution in [2.45, 2.75) is 38.8 Å². The van der Waals surface area contributed by atoms with Crippen molar-refractivity contribution < 1.29 is 5.11 Å². The Morgan fingerprint density at radius 1 is 1.15 bits per heavy atom. The summed E-state index contributed by atoms with van der Waals surface area (Å²) < 4.78 is 1.58. The van der Waals surface area contributed by atoms with Crippen LogP contribution in [-0.2, 0) is 19.4 Å². The smallest absolute Gasteiger partial charge is 0.219 e. The number of fused-ring (bicyclic) bond motifs is 1. The summed E-state index contributed by atoms with van der Waals surface area (Å²) in [6, 6.07) is 16.7. The third-order valence-electron chi connectivity index (χ3n) is 5.18. The van der Waals surface area contributed by atoms with E-state index in [2.05, 4.69) is 46.3 Å². The van der Waals surface area contributed by atoms with Gasteiger partial charge in [0.05, 0.1) is 5.69 Å². The molecule has 1 aromatic carbocycles. The SMILES string of the molecule is Cc1cccc(-n2nc3c(c2O)CC(N(C)Cc2ccccc2)CC3)n1. The summed E-state index contributed by atoms with van der Waals surface area (Å²) in [4.78, 5) is 6.86. The van der Waals surface area contributed by atoms with E-state index in [4.69, 9.17) is 0 Å². The number of aromatic hydroxyl groups is 1. The van der Waals surface area contributed by atoms with Gasteiger partial charge < -0.3 is 5.11 Å². The van der Waals surface area contributed by atoms with E-state index in [-0.39, 0.29) is 5.88 Å². The Morgan fingerprint density at radius 2 is 1.96 bits per heavy atom. The van der Waals surface area contributed by atoms with E-state index in [9.17, 15) is 5.11 Å². The van der Waals surface area contributed by atoms with Crippen LogP contribution in [0.5, 0.6) is 5.88 Å². The van der Waals surface area contributed by atoms with Crippen molar-refractivity contribution in [2.75, 3.05) is 7.05 Å². The van der Waals surface area contributed by atoms with Gasteiger partial charge in [-0.15, -0.1) is 0 Å². The van der Waals surface area contributed by atoms with Gasteiger partial charge in [0.2, 0.25) is 5.88 Å². The lowest BCUT2D eigenvalue weighted by molar-refractivity contribution is 0.212. The number of likely N-dealkylation sites (N-methyl/N-ethyl adjacent to an activating group) is 1. The zero-order chi connectivity index (χ0) is 18.1. The lowest BCUT2D eigenvalue weighted by atomic mass is 9.92. The average Bonchev–Trinajstić information content (AvgIpc) is 2.99. The second kappa shape index (κ2) is 6.92. The fraction of sp³-hybridized carbons (Fsp3) is 0.333. The van der Waals surface area contributed by atoms with Crippen LogP contribution in [0.4, 0.5) is 0 Å². The molecule has 1 unspecified atom stereocenters. The number of rotatable bonds is 4. The number of aromatic nitrogens is 3. The van der Waals surface area contributed by atoms with Crippen molar-refractivity contribution >= 4 is 0 Å². The largest absolute Gasteiger partial charge is 0.493 e. The molecule has 0 aliphatic heterocycles. The van der Waals surface area contributed by atoms with E-state index in [1.54, 1.807) is 4.68 Å². The highest BCUT2D eigenvalue weighted by molar-refractivity contribution is 5.39. The molecule has 5 heteroatoms. The van der Waals surface area contributed by atoms with Gasteiger partial charge in [-0.25, -0.2) is 4.98 Å². The third-order valence-corrected chi connectivity index (χ3v) is 5.18. The molecule has 4 rings (SSSR count). The van der Waals surface area contributed by atoms with Crippen LogP contribution in [-0.4, -0.2) is 37.9 Å². The van der Waals surface area contributed by atoms with E-state index in [0.717, 1.165) is 42.8 Å². The van der Waals surface area contributed by atoms with Gasteiger partial charge in [0.15, 0.2) is 5.82 Å². The predicted octanol–water partition coefficient (Wildman–Crippen LogP) is 3.27. The van der Waals surface area contributed by atoms with E-state index < -0.39 is 0 Å². The lowest BCUT2D eigenvalue weighted by Crippen LogP contribution is -2.35. The molecule has 0 fully saturated rings. The van der Waals surface area contributed by atoms with Crippen LogP contribution in [0.15, 0.2) is 48.5 Å². The summed E-state index contributed by atoms with van der Waals surface area (Å²) in [6.07, 6.45) is 2.75. The van der Waals surface area contributed by atoms with Gasteiger partial charge in [0, 0.05) is 23.8 Å². The second-order valence-electron chi connectivity index (χ2n) is 7.10. The van der Waals surface area contributed by atoms with Crippen LogP contribution in [0, 0.1) is 6.92 Å². The lowest BCUT2D eigenvalue weighted by Gasteiger charge is -2.30. The van der Waals surface area contributed by atoms with Crippen molar-refractivity contribution in [1.82, 2.24) is 19.7 Å². The Kier molecular flexibility index (Phi) is 4.47. The highest BCUT2D eigenvalue weighted by atomic mass is 16.3. The Morgan fingerprint density at radius 3 is 2.73 bits per heavy atom. The van der Waals surface area contributed by atoms with Crippen molar-refractivity contribution in [2.24, 2.45) is 0 Å². The maximum Gasteiger partial charge on any atom is 0.219 e. The molecule has 0 bridgehead atoms. The highest BCUT2D eigenvalue weighted by Gasteiger charge is 2.28. The molecule has 0 saturated carbocycles. The number of benzene rings is 1. The second-order valence-corrected chi connectivity index (χ2v) is 7.10. The molecule has 134 valence electrons. The van der Waals surface area contributed by atoms with Crippen LogP contribution in [0.1, 0.15) is 28.9 Å². The van der Waals surface area contributed by atoms with Gasteiger partial charge >= 0.3 is 0 Å². The first kappa shape index (κ1) is 16.8. The standard InChI is InChI=1S/C21H24N4O/c1-15-7-6-10-20(22-15)25-21(26)18-13-17(11-12-19(18)23-25)24(2)14-16-8-4-3-5-9-16/h3-10,17,26H,11-14H2,1-2H3. The van der Waals surface area contributed by atoms with E-state index in [1.807, 2.05) is 31.2 Å². The molecule has 0 radical (unpaired) electrons. The fourth-order valence-electron chi connectivity index (χ4n) is 3.72. The highest BCUT2D eigenvalue weighted by Crippen LogP contribution is 2.32. The van der Waals surface area contributed by atoms with Crippen molar-refractivity contribution in [3.8, 4) is 11.7 Å². The zero-order valence-electron chi connectivity index (χ0n) is 15.3. The maximum atomic E-state index is 10.8. The fourth-order valence-corrected chi connectivity index (χ4v) is 3.72. The minimum absolute atomic E-state index is 0.232. The predicted molar refractivity (Wildman–Crippen MR) is 101 cm³/mol. The number of aryl methyl sites for hydroxylation is 2. The van der Waals surface area contributed by atoms with Crippen molar-refractivity contribution in [3.05, 3.63) is 71.0 Å². The van der Waals surface area contributed by atoms with Gasteiger partial charge in [0.25, 0.3) is 0 Å². The normalized spacial score (nSPS) is 16.7. The first-order chi connectivity index (χ1) is 12.6. The Bertz CT molecular complexity index is 904. The van der Waals surface area contributed by atoms with E-state index in [0.29, 0.717) is 11.9 Å². The minimum atomic E-state index is 0.232. The summed E-state index contributed by atoms with van der Waals surface area (Å²) in [5.41, 5.74) is 4.18. The molecular weight excluding hydrogens is 324 g/mol. The molecule has 1 aliphatic rings. The third kappa shape index (κ3) is 3.22. The molecular formula is C21H24N4O. The van der Waals surface area contributed by atoms with Gasteiger partial charge in [0.1, 0.15) is 0 Å². The number of hydrogen-bond donors (Lipinski definition) is 1. The minimum Gasteiger partial charge on any atom is -0.493 e. The Hall–Kier alpha value is -2.66. The molecule has 1 atom stereocenters. The van der Waals surface area contributed by atoms with Crippen LogP contribution in [0.3, 0.4) is 0 Å². The van der Waals surface area contributed by atoms with Gasteiger partial charge in [-0.3, -0.25) is 4.90 Å². The maximum absolute atomic E-state index is 10.8. The first-order valence-electron chi connectivity index (χ1n) is 9.10. The van der Waals surface area contributed by atoms with Crippen LogP contribution >= 0.6 is 0 Å². The summed E-state index contributed by atoms with van der Waals surface area (Å²) in [6.45, 7) is 2.85. The van der Waals surface area contributed by atoms with Crippen LogP contribution in [0.2, 0.25) is 0 Å². The summed E-state index contributed by atoms with van der Waals surface area (Å²) in [5.74, 6) is 0.905. The Labute approximate surface area is 153 Å². The summed E-state index contributed by atoms with van der Waals surface area (Å²) >= 11 is 0. The van der Waals surface area contributed by atoms with E-state index in [1.165, 1.54) is 5.56 Å². The topological polar surface area (TPSA) is 54.2 Å². The monoisotopic (exact) mass is 348 g/mol. The molecule has 0 amide bonds.